The average molecular weight is 394 g/mol. The molecule has 26 heavy (non-hydrogen) atoms. The van der Waals surface area contributed by atoms with E-state index in [0.717, 1.165) is 11.3 Å². The van der Waals surface area contributed by atoms with Gasteiger partial charge in [0.15, 0.2) is 0 Å². The lowest BCUT2D eigenvalue weighted by Gasteiger charge is -2.11. The molecule has 0 atom stereocenters. The molecule has 0 aliphatic carbocycles. The van der Waals surface area contributed by atoms with Gasteiger partial charge in [-0.2, -0.15) is 0 Å². The SMILES string of the molecule is CN(C)C(=O)CCc1cccc(NCC(=O)Nc2ccc(Cl)c(Cl)c2)c1. The van der Waals surface area contributed by atoms with Crippen molar-refractivity contribution in [1.29, 1.82) is 0 Å². The van der Waals surface area contributed by atoms with Crippen LogP contribution >= 0.6 is 23.2 Å². The number of carbonyl (C=O) groups is 2. The third kappa shape index (κ3) is 6.24. The maximum atomic E-state index is 12.1. The Balaban J connectivity index is 1.86. The van der Waals surface area contributed by atoms with E-state index in [-0.39, 0.29) is 18.4 Å². The van der Waals surface area contributed by atoms with Crippen LogP contribution in [0.15, 0.2) is 42.5 Å². The van der Waals surface area contributed by atoms with Crippen molar-refractivity contribution in [2.75, 3.05) is 31.3 Å². The van der Waals surface area contributed by atoms with Gasteiger partial charge >= 0.3 is 0 Å². The third-order valence-corrected chi connectivity index (χ3v) is 4.45. The molecule has 0 radical (unpaired) electrons. The summed E-state index contributed by atoms with van der Waals surface area (Å²) in [6, 6.07) is 12.6. The van der Waals surface area contributed by atoms with Gasteiger partial charge in [-0.3, -0.25) is 9.59 Å². The third-order valence-electron chi connectivity index (χ3n) is 3.71. The van der Waals surface area contributed by atoms with Crippen molar-refractivity contribution in [3.05, 3.63) is 58.1 Å². The van der Waals surface area contributed by atoms with E-state index in [2.05, 4.69) is 10.6 Å². The Morgan fingerprint density at radius 1 is 1.00 bits per heavy atom. The van der Waals surface area contributed by atoms with E-state index in [1.807, 2.05) is 24.3 Å². The summed E-state index contributed by atoms with van der Waals surface area (Å²) < 4.78 is 0. The number of aryl methyl sites for hydroxylation is 1. The Morgan fingerprint density at radius 2 is 1.77 bits per heavy atom. The van der Waals surface area contributed by atoms with Crippen LogP contribution in [0.2, 0.25) is 10.0 Å². The number of nitrogens with one attached hydrogen (secondary N) is 2. The molecular weight excluding hydrogens is 373 g/mol. The largest absolute Gasteiger partial charge is 0.376 e. The summed E-state index contributed by atoms with van der Waals surface area (Å²) >= 11 is 11.8. The molecule has 7 heteroatoms. The predicted molar refractivity (Wildman–Crippen MR) is 107 cm³/mol. The molecule has 0 saturated heterocycles. The van der Waals surface area contributed by atoms with Crippen LogP contribution in [0.25, 0.3) is 0 Å². The van der Waals surface area contributed by atoms with E-state index in [1.165, 1.54) is 0 Å². The first-order valence-electron chi connectivity index (χ1n) is 8.13. The molecule has 0 spiro atoms. The van der Waals surface area contributed by atoms with Crippen LogP contribution in [0.5, 0.6) is 0 Å². The van der Waals surface area contributed by atoms with E-state index >= 15 is 0 Å². The molecule has 2 N–H and O–H groups in total. The maximum Gasteiger partial charge on any atom is 0.243 e. The molecular formula is C19H21Cl2N3O2. The van der Waals surface area contributed by atoms with Crippen molar-refractivity contribution >= 4 is 46.4 Å². The van der Waals surface area contributed by atoms with Crippen LogP contribution in [0, 0.1) is 0 Å². The van der Waals surface area contributed by atoms with Crippen molar-refractivity contribution in [2.45, 2.75) is 12.8 Å². The van der Waals surface area contributed by atoms with Crippen LogP contribution in [0.4, 0.5) is 11.4 Å². The topological polar surface area (TPSA) is 61.4 Å². The fourth-order valence-corrected chi connectivity index (χ4v) is 2.57. The van der Waals surface area contributed by atoms with Gasteiger partial charge < -0.3 is 15.5 Å². The lowest BCUT2D eigenvalue weighted by atomic mass is 10.1. The second-order valence-corrected chi connectivity index (χ2v) is 6.83. The van der Waals surface area contributed by atoms with Crippen LogP contribution in [-0.2, 0) is 16.0 Å². The van der Waals surface area contributed by atoms with E-state index in [9.17, 15) is 9.59 Å². The summed E-state index contributed by atoms with van der Waals surface area (Å²) in [6.45, 7) is 0.111. The molecule has 0 aliphatic heterocycles. The van der Waals surface area contributed by atoms with Crippen LogP contribution in [0.3, 0.4) is 0 Å². The van der Waals surface area contributed by atoms with Crippen molar-refractivity contribution in [1.82, 2.24) is 4.90 Å². The summed E-state index contributed by atoms with van der Waals surface area (Å²) in [5.74, 6) is -0.110. The quantitative estimate of drug-likeness (QED) is 0.745. The van der Waals surface area contributed by atoms with Gasteiger partial charge in [-0.15, -0.1) is 0 Å². The second-order valence-electron chi connectivity index (χ2n) is 6.02. The molecule has 2 aromatic carbocycles. The lowest BCUT2D eigenvalue weighted by molar-refractivity contribution is -0.128. The van der Waals surface area contributed by atoms with Crippen LogP contribution in [0.1, 0.15) is 12.0 Å². The van der Waals surface area contributed by atoms with E-state index in [1.54, 1.807) is 37.2 Å². The molecule has 0 heterocycles. The standard InChI is InChI=1S/C19H21Cl2N3O2/c1-24(2)19(26)9-6-13-4-3-5-14(10-13)22-12-18(25)23-15-7-8-16(20)17(21)11-15/h3-5,7-8,10-11,22H,6,9,12H2,1-2H3,(H,23,25). The first-order valence-corrected chi connectivity index (χ1v) is 8.88. The van der Waals surface area contributed by atoms with Gasteiger partial charge in [-0.05, 0) is 42.3 Å². The number of amides is 2. The number of anilines is 2. The number of carbonyl (C=O) groups excluding carboxylic acids is 2. The van der Waals surface area contributed by atoms with Gasteiger partial charge in [0.2, 0.25) is 11.8 Å². The van der Waals surface area contributed by atoms with E-state index < -0.39 is 0 Å². The maximum absolute atomic E-state index is 12.1. The van der Waals surface area contributed by atoms with Gasteiger partial charge in [0.25, 0.3) is 0 Å². The minimum atomic E-state index is -0.198. The molecule has 0 aliphatic rings. The summed E-state index contributed by atoms with van der Waals surface area (Å²) in [6.07, 6.45) is 1.11. The highest BCUT2D eigenvalue weighted by Crippen LogP contribution is 2.24. The summed E-state index contributed by atoms with van der Waals surface area (Å²) in [5.41, 5.74) is 2.45. The van der Waals surface area contributed by atoms with Crippen molar-refractivity contribution in [3.63, 3.8) is 0 Å². The number of benzene rings is 2. The molecule has 2 rings (SSSR count). The normalized spacial score (nSPS) is 10.3. The number of nitrogens with zero attached hydrogens (tertiary/aromatic N) is 1. The highest BCUT2D eigenvalue weighted by molar-refractivity contribution is 6.42. The first kappa shape index (κ1) is 20.1. The summed E-state index contributed by atoms with van der Waals surface area (Å²) in [5, 5.41) is 6.65. The number of hydrogen-bond donors (Lipinski definition) is 2. The van der Waals surface area contributed by atoms with Gasteiger partial charge in [0, 0.05) is 31.9 Å². The van der Waals surface area contributed by atoms with Gasteiger partial charge in [0.05, 0.1) is 16.6 Å². The van der Waals surface area contributed by atoms with Gasteiger partial charge in [0.1, 0.15) is 0 Å². The minimum Gasteiger partial charge on any atom is -0.376 e. The number of rotatable bonds is 7. The second kappa shape index (κ2) is 9.46. The molecule has 138 valence electrons. The Kier molecular flexibility index (Phi) is 7.30. The van der Waals surface area contributed by atoms with E-state index in [0.29, 0.717) is 28.6 Å². The number of halogens is 2. The predicted octanol–water partition coefficient (Wildman–Crippen LogP) is 4.06. The Bertz CT molecular complexity index is 794. The molecule has 0 unspecified atom stereocenters. The zero-order valence-electron chi connectivity index (χ0n) is 14.7. The average Bonchev–Trinajstić information content (AvgIpc) is 2.61. The first-order chi connectivity index (χ1) is 12.3. The lowest BCUT2D eigenvalue weighted by Crippen LogP contribution is -2.22. The Hall–Kier alpha value is -2.24. The van der Waals surface area contributed by atoms with E-state index in [4.69, 9.17) is 23.2 Å². The van der Waals surface area contributed by atoms with Crippen molar-refractivity contribution in [2.24, 2.45) is 0 Å². The Labute approximate surface area is 163 Å². The van der Waals surface area contributed by atoms with Crippen molar-refractivity contribution < 1.29 is 9.59 Å². The highest BCUT2D eigenvalue weighted by atomic mass is 35.5. The van der Waals surface area contributed by atoms with Crippen LogP contribution in [-0.4, -0.2) is 37.4 Å². The van der Waals surface area contributed by atoms with Gasteiger partial charge in [-0.1, -0.05) is 35.3 Å². The fourth-order valence-electron chi connectivity index (χ4n) is 2.27. The molecule has 2 amide bonds. The van der Waals surface area contributed by atoms with Gasteiger partial charge in [-0.25, -0.2) is 0 Å². The molecule has 5 nitrogen and oxygen atoms in total. The smallest absolute Gasteiger partial charge is 0.243 e. The molecule has 0 aromatic heterocycles. The fraction of sp³-hybridized carbons (Fsp3) is 0.263. The highest BCUT2D eigenvalue weighted by Gasteiger charge is 2.07. The monoisotopic (exact) mass is 393 g/mol. The summed E-state index contributed by atoms with van der Waals surface area (Å²) in [4.78, 5) is 25.3. The molecule has 2 aromatic rings. The molecule has 0 saturated carbocycles. The Morgan fingerprint density at radius 3 is 2.46 bits per heavy atom. The molecule has 0 bridgehead atoms. The minimum absolute atomic E-state index is 0.0874. The number of hydrogen-bond acceptors (Lipinski definition) is 3. The van der Waals surface area contributed by atoms with Crippen molar-refractivity contribution in [3.8, 4) is 0 Å². The van der Waals surface area contributed by atoms with Crippen LogP contribution < -0.4 is 10.6 Å². The zero-order chi connectivity index (χ0) is 19.1. The zero-order valence-corrected chi connectivity index (χ0v) is 16.2. The molecule has 0 fully saturated rings. The summed E-state index contributed by atoms with van der Waals surface area (Å²) in [7, 11) is 3.49.